The van der Waals surface area contributed by atoms with E-state index in [0.29, 0.717) is 17.4 Å². The Bertz CT molecular complexity index is 1160. The van der Waals surface area contributed by atoms with Crippen molar-refractivity contribution in [3.8, 4) is 5.75 Å². The lowest BCUT2D eigenvalue weighted by atomic mass is 10.1. The highest BCUT2D eigenvalue weighted by Gasteiger charge is 2.23. The molecule has 1 aromatic heterocycles. The van der Waals surface area contributed by atoms with Crippen LogP contribution in [-0.2, 0) is 6.67 Å². The molecule has 1 saturated heterocycles. The molecule has 1 fully saturated rings. The van der Waals surface area contributed by atoms with E-state index in [1.54, 1.807) is 31.3 Å². The molecule has 0 saturated carbocycles. The van der Waals surface area contributed by atoms with Crippen LogP contribution in [0.4, 0.5) is 0 Å². The Morgan fingerprint density at radius 3 is 2.55 bits per heavy atom. The summed E-state index contributed by atoms with van der Waals surface area (Å²) in [6, 6.07) is 13.4. The summed E-state index contributed by atoms with van der Waals surface area (Å²) in [7, 11) is 1.56. The number of fused-ring (bicyclic) bond motifs is 1. The third-order valence-corrected chi connectivity index (χ3v) is 5.82. The van der Waals surface area contributed by atoms with Crippen molar-refractivity contribution in [2.75, 3.05) is 20.1 Å². The first-order chi connectivity index (χ1) is 15.0. The van der Waals surface area contributed by atoms with Gasteiger partial charge in [0.15, 0.2) is 5.69 Å². The van der Waals surface area contributed by atoms with E-state index in [9.17, 15) is 9.59 Å². The van der Waals surface area contributed by atoms with E-state index in [0.717, 1.165) is 37.2 Å². The number of hydrogen-bond donors (Lipinski definition) is 1. The maximum atomic E-state index is 13.0. The Labute approximate surface area is 181 Å². The summed E-state index contributed by atoms with van der Waals surface area (Å²) in [5, 5.41) is 8.08. The zero-order valence-electron chi connectivity index (χ0n) is 18.2. The van der Waals surface area contributed by atoms with E-state index in [1.807, 2.05) is 0 Å². The van der Waals surface area contributed by atoms with E-state index in [1.165, 1.54) is 10.2 Å². The monoisotopic (exact) mass is 420 g/mol. The minimum absolute atomic E-state index is 0.152. The van der Waals surface area contributed by atoms with Crippen LogP contribution in [0.1, 0.15) is 34.5 Å². The number of aromatic nitrogens is 2. The average molecular weight is 421 g/mol. The summed E-state index contributed by atoms with van der Waals surface area (Å²) >= 11 is 0. The second kappa shape index (κ2) is 8.89. The Morgan fingerprint density at radius 1 is 1.13 bits per heavy atom. The highest BCUT2D eigenvalue weighted by atomic mass is 16.5. The fraction of sp³-hybridized carbons (Fsp3) is 0.375. The molecule has 4 rings (SSSR count). The first-order valence-corrected chi connectivity index (χ1v) is 10.6. The van der Waals surface area contributed by atoms with Gasteiger partial charge >= 0.3 is 0 Å². The quantitative estimate of drug-likeness (QED) is 0.687. The number of ether oxygens (including phenoxy) is 1. The van der Waals surface area contributed by atoms with Crippen LogP contribution in [0.3, 0.4) is 0 Å². The number of carbonyl (C=O) groups is 1. The summed E-state index contributed by atoms with van der Waals surface area (Å²) in [4.78, 5) is 27.5. The molecule has 0 bridgehead atoms. The second-order valence-corrected chi connectivity index (χ2v) is 8.12. The van der Waals surface area contributed by atoms with Gasteiger partial charge in [0.1, 0.15) is 11.9 Å². The van der Waals surface area contributed by atoms with Crippen molar-refractivity contribution in [3.05, 3.63) is 69.6 Å². The zero-order chi connectivity index (χ0) is 22.0. The normalized spacial score (nSPS) is 15.2. The van der Waals surface area contributed by atoms with Gasteiger partial charge in [-0.2, -0.15) is 5.10 Å². The predicted octanol–water partition coefficient (Wildman–Crippen LogP) is 2.87. The summed E-state index contributed by atoms with van der Waals surface area (Å²) in [6.07, 6.45) is 1.90. The van der Waals surface area contributed by atoms with Crippen LogP contribution in [-0.4, -0.2) is 46.8 Å². The lowest BCUT2D eigenvalue weighted by molar-refractivity contribution is 0.0785. The van der Waals surface area contributed by atoms with Gasteiger partial charge in [0, 0.05) is 25.5 Å². The van der Waals surface area contributed by atoms with E-state index >= 15 is 0 Å². The molecule has 2 aromatic carbocycles. The largest absolute Gasteiger partial charge is 0.490 e. The summed E-state index contributed by atoms with van der Waals surface area (Å²) in [6.45, 7) is 6.07. The van der Waals surface area contributed by atoms with E-state index < -0.39 is 0 Å². The first kappa shape index (κ1) is 21.1. The molecule has 7 heteroatoms. The number of benzene rings is 2. The number of nitrogens with one attached hydrogen (secondary N) is 1. The standard InChI is InChI=1S/C24H28N4O3/c1-16-8-9-17(2)21(14-16)31-18-10-12-27(13-11-18)15-28-24(30)20-7-5-4-6-19(20)22(26-28)23(29)25-3/h4-9,14,18H,10-13,15H2,1-3H3,(H,25,29). The number of hydrogen-bond acceptors (Lipinski definition) is 5. The average Bonchev–Trinajstić information content (AvgIpc) is 2.79. The van der Waals surface area contributed by atoms with Crippen LogP contribution < -0.4 is 15.6 Å². The van der Waals surface area contributed by atoms with Crippen LogP contribution in [0.25, 0.3) is 10.8 Å². The van der Waals surface area contributed by atoms with Crippen molar-refractivity contribution < 1.29 is 9.53 Å². The molecule has 0 atom stereocenters. The zero-order valence-corrected chi connectivity index (χ0v) is 18.2. The van der Waals surface area contributed by atoms with Gasteiger partial charge in [-0.1, -0.05) is 30.3 Å². The molecule has 1 amide bonds. The fourth-order valence-electron chi connectivity index (χ4n) is 3.99. The third kappa shape index (κ3) is 4.46. The summed E-state index contributed by atoms with van der Waals surface area (Å²) in [5.41, 5.74) is 2.41. The maximum absolute atomic E-state index is 13.0. The van der Waals surface area contributed by atoms with Crippen molar-refractivity contribution in [2.24, 2.45) is 0 Å². The number of nitrogens with zero attached hydrogens (tertiary/aromatic N) is 3. The molecule has 7 nitrogen and oxygen atoms in total. The minimum Gasteiger partial charge on any atom is -0.490 e. The molecule has 1 aliphatic heterocycles. The van der Waals surface area contributed by atoms with Gasteiger partial charge in [-0.05, 0) is 49.9 Å². The smallest absolute Gasteiger partial charge is 0.275 e. The van der Waals surface area contributed by atoms with Crippen molar-refractivity contribution in [2.45, 2.75) is 39.5 Å². The molecular formula is C24H28N4O3. The van der Waals surface area contributed by atoms with Crippen molar-refractivity contribution in [3.63, 3.8) is 0 Å². The van der Waals surface area contributed by atoms with Crippen LogP contribution >= 0.6 is 0 Å². The number of amides is 1. The molecule has 1 N–H and O–H groups in total. The third-order valence-electron chi connectivity index (χ3n) is 5.82. The lowest BCUT2D eigenvalue weighted by Crippen LogP contribution is -2.42. The predicted molar refractivity (Wildman–Crippen MR) is 121 cm³/mol. The molecule has 31 heavy (non-hydrogen) atoms. The highest BCUT2D eigenvalue weighted by Crippen LogP contribution is 2.24. The van der Waals surface area contributed by atoms with Gasteiger partial charge in [-0.15, -0.1) is 0 Å². The lowest BCUT2D eigenvalue weighted by Gasteiger charge is -2.32. The number of aryl methyl sites for hydroxylation is 2. The van der Waals surface area contributed by atoms with Gasteiger partial charge in [-0.3, -0.25) is 14.5 Å². The van der Waals surface area contributed by atoms with Crippen LogP contribution in [0, 0.1) is 13.8 Å². The number of likely N-dealkylation sites (tertiary alicyclic amines) is 1. The van der Waals surface area contributed by atoms with E-state index in [2.05, 4.69) is 47.4 Å². The van der Waals surface area contributed by atoms with Gasteiger partial charge in [0.05, 0.1) is 12.1 Å². The SMILES string of the molecule is CNC(=O)c1nn(CN2CCC(Oc3cc(C)ccc3C)CC2)c(=O)c2ccccc12. The molecule has 0 spiro atoms. The Balaban J connectivity index is 1.48. The topological polar surface area (TPSA) is 76.5 Å². The molecule has 2 heterocycles. The van der Waals surface area contributed by atoms with Crippen molar-refractivity contribution >= 4 is 16.7 Å². The van der Waals surface area contributed by atoms with Crippen molar-refractivity contribution in [1.82, 2.24) is 20.0 Å². The summed E-state index contributed by atoms with van der Waals surface area (Å²) in [5.74, 6) is 0.645. The van der Waals surface area contributed by atoms with Crippen LogP contribution in [0.2, 0.25) is 0 Å². The number of rotatable bonds is 5. The minimum atomic E-state index is -0.300. The molecule has 162 valence electrons. The Kier molecular flexibility index (Phi) is 6.04. The van der Waals surface area contributed by atoms with Crippen LogP contribution in [0.15, 0.2) is 47.3 Å². The van der Waals surface area contributed by atoms with E-state index in [4.69, 9.17) is 4.74 Å². The molecule has 0 unspecified atom stereocenters. The molecule has 0 aliphatic carbocycles. The number of carbonyl (C=O) groups excluding carboxylic acids is 1. The van der Waals surface area contributed by atoms with E-state index in [-0.39, 0.29) is 23.3 Å². The van der Waals surface area contributed by atoms with Crippen molar-refractivity contribution in [1.29, 1.82) is 0 Å². The number of piperidine rings is 1. The second-order valence-electron chi connectivity index (χ2n) is 8.12. The molecule has 3 aromatic rings. The molecule has 1 aliphatic rings. The maximum Gasteiger partial charge on any atom is 0.275 e. The van der Waals surface area contributed by atoms with Crippen LogP contribution in [0.5, 0.6) is 5.75 Å². The van der Waals surface area contributed by atoms with Gasteiger partial charge < -0.3 is 10.1 Å². The fourth-order valence-corrected chi connectivity index (χ4v) is 3.99. The highest BCUT2D eigenvalue weighted by molar-refractivity contribution is 6.04. The van der Waals surface area contributed by atoms with Gasteiger partial charge in [-0.25, -0.2) is 4.68 Å². The van der Waals surface area contributed by atoms with Gasteiger partial charge in [0.2, 0.25) is 0 Å². The molecular weight excluding hydrogens is 392 g/mol. The Morgan fingerprint density at radius 2 is 1.84 bits per heavy atom. The Hall–Kier alpha value is -3.19. The first-order valence-electron chi connectivity index (χ1n) is 10.6. The molecule has 0 radical (unpaired) electrons. The summed E-state index contributed by atoms with van der Waals surface area (Å²) < 4.78 is 7.65. The van der Waals surface area contributed by atoms with Gasteiger partial charge in [0.25, 0.3) is 11.5 Å².